The summed E-state index contributed by atoms with van der Waals surface area (Å²) >= 11 is 0. The Hall–Kier alpha value is -0.840. The Morgan fingerprint density at radius 2 is 0.844 bits per heavy atom. The van der Waals surface area contributed by atoms with Crippen molar-refractivity contribution < 1.29 is 99.5 Å². The molecule has 0 spiro atoms. The average molecular weight is 666 g/mol. The smallest absolute Gasteiger partial charge is 0.187 e. The van der Waals surface area contributed by atoms with Gasteiger partial charge in [-0.05, 0) is 0 Å². The number of aliphatic hydroxyl groups is 13. The maximum atomic E-state index is 11.0. The van der Waals surface area contributed by atoms with Crippen molar-refractivity contribution in [2.24, 2.45) is 5.73 Å². The Morgan fingerprint density at radius 1 is 0.400 bits per heavy atom. The van der Waals surface area contributed by atoms with Gasteiger partial charge < -0.3 is 105 Å². The van der Waals surface area contributed by atoms with E-state index in [0.29, 0.717) is 0 Å². The van der Waals surface area contributed by atoms with Gasteiger partial charge in [0.2, 0.25) is 0 Å². The minimum absolute atomic E-state index is 0.765. The molecule has 4 heterocycles. The molecule has 0 aromatic carbocycles. The van der Waals surface area contributed by atoms with Crippen LogP contribution in [0.2, 0.25) is 0 Å². The molecule has 1 unspecified atom stereocenters. The molecule has 45 heavy (non-hydrogen) atoms. The minimum atomic E-state index is -1.96. The topological polar surface area (TPSA) is 354 Å². The van der Waals surface area contributed by atoms with Gasteiger partial charge in [0.25, 0.3) is 0 Å². The van der Waals surface area contributed by atoms with E-state index in [1.165, 1.54) is 0 Å². The molecule has 4 aliphatic rings. The number of ether oxygens (including phenoxy) is 7. The van der Waals surface area contributed by atoms with Crippen LogP contribution in [0.25, 0.3) is 0 Å². The van der Waals surface area contributed by atoms with Gasteiger partial charge in [-0.15, -0.1) is 0 Å². The fraction of sp³-hybridized carbons (Fsp3) is 1.00. The van der Waals surface area contributed by atoms with Crippen molar-refractivity contribution in [2.75, 3.05) is 26.4 Å². The van der Waals surface area contributed by atoms with Crippen LogP contribution in [0, 0.1) is 0 Å². The van der Waals surface area contributed by atoms with E-state index in [4.69, 9.17) is 38.9 Å². The van der Waals surface area contributed by atoms with Crippen molar-refractivity contribution in [1.29, 1.82) is 0 Å². The molecule has 21 nitrogen and oxygen atoms in total. The molecule has 0 aromatic rings. The Kier molecular flexibility index (Phi) is 12.8. The van der Waals surface area contributed by atoms with Crippen LogP contribution in [0.5, 0.6) is 0 Å². The quantitative estimate of drug-likeness (QED) is 0.103. The molecule has 15 N–H and O–H groups in total. The first-order valence-corrected chi connectivity index (χ1v) is 14.2. The van der Waals surface area contributed by atoms with Gasteiger partial charge in [0.15, 0.2) is 25.2 Å². The van der Waals surface area contributed by atoms with Gasteiger partial charge in [-0.2, -0.15) is 0 Å². The average Bonchev–Trinajstić information content (AvgIpc) is 3.03. The highest BCUT2D eigenvalue weighted by Gasteiger charge is 2.54. The maximum absolute atomic E-state index is 11.0. The first-order valence-electron chi connectivity index (χ1n) is 14.2. The van der Waals surface area contributed by atoms with E-state index in [2.05, 4.69) is 0 Å². The molecule has 20 atom stereocenters. The van der Waals surface area contributed by atoms with Crippen molar-refractivity contribution >= 4 is 0 Å². The minimum Gasteiger partial charge on any atom is -0.394 e. The van der Waals surface area contributed by atoms with E-state index < -0.39 is 149 Å². The third-order valence-electron chi connectivity index (χ3n) is 8.28. The predicted molar refractivity (Wildman–Crippen MR) is 136 cm³/mol. The lowest BCUT2D eigenvalue weighted by atomic mass is 9.95. The molecule has 0 aromatic heterocycles. The van der Waals surface area contributed by atoms with E-state index in [-0.39, 0.29) is 0 Å². The number of hydrogen-bond acceptors (Lipinski definition) is 21. The highest BCUT2D eigenvalue weighted by Crippen LogP contribution is 2.33. The molecular formula is C24H43NO20. The van der Waals surface area contributed by atoms with Crippen LogP contribution >= 0.6 is 0 Å². The summed E-state index contributed by atoms with van der Waals surface area (Å²) in [4.78, 5) is 0. The standard InChI is InChI=1S/C24H43NO20/c25-9-12(32)18(43-23-16(36)13(33)10(30)5(1-26)40-23)8(4-29)42-22(9)45-20-11(31)6(2-27)41-24(17(20)37)44-19-7(3-28)39-21(38)15(35)14(19)34/h5-24,26-38H,1-4,25H2/t5-,6-,7-,8-,9-,10+,11+,12-,13+,14-,15-,16-,17-,18-,19-,20+,21?,22+,23+,24+/m1/s1. The van der Waals surface area contributed by atoms with Gasteiger partial charge in [-0.1, -0.05) is 0 Å². The van der Waals surface area contributed by atoms with Crippen LogP contribution in [0.15, 0.2) is 0 Å². The van der Waals surface area contributed by atoms with Crippen LogP contribution < -0.4 is 5.73 Å². The zero-order valence-corrected chi connectivity index (χ0v) is 23.6. The molecule has 0 bridgehead atoms. The first-order chi connectivity index (χ1) is 21.3. The van der Waals surface area contributed by atoms with Crippen LogP contribution in [0.4, 0.5) is 0 Å². The molecule has 4 fully saturated rings. The zero-order valence-electron chi connectivity index (χ0n) is 23.6. The second-order valence-corrected chi connectivity index (χ2v) is 11.2. The van der Waals surface area contributed by atoms with Gasteiger partial charge in [0, 0.05) is 0 Å². The third kappa shape index (κ3) is 7.44. The fourth-order valence-electron chi connectivity index (χ4n) is 5.58. The van der Waals surface area contributed by atoms with Crippen molar-refractivity contribution in [3.8, 4) is 0 Å². The van der Waals surface area contributed by atoms with E-state index in [9.17, 15) is 66.4 Å². The Bertz CT molecular complexity index is 918. The van der Waals surface area contributed by atoms with Gasteiger partial charge in [-0.25, -0.2) is 0 Å². The van der Waals surface area contributed by atoms with E-state index >= 15 is 0 Å². The summed E-state index contributed by atoms with van der Waals surface area (Å²) in [5.74, 6) is 0. The van der Waals surface area contributed by atoms with Crippen LogP contribution in [-0.4, -0.2) is 216 Å². The van der Waals surface area contributed by atoms with Crippen LogP contribution in [-0.2, 0) is 33.2 Å². The summed E-state index contributed by atoms with van der Waals surface area (Å²) in [6.45, 7) is -3.28. The Labute approximate surface area is 255 Å². The second kappa shape index (κ2) is 15.6. The van der Waals surface area contributed by atoms with Crippen LogP contribution in [0.3, 0.4) is 0 Å². The molecule has 4 rings (SSSR count). The first kappa shape index (κ1) is 37.0. The van der Waals surface area contributed by atoms with Gasteiger partial charge in [0.05, 0.1) is 32.5 Å². The van der Waals surface area contributed by atoms with Crippen molar-refractivity contribution in [2.45, 2.75) is 123 Å². The summed E-state index contributed by atoms with van der Waals surface area (Å²) in [5, 5.41) is 132. The van der Waals surface area contributed by atoms with Crippen molar-refractivity contribution in [3.05, 3.63) is 0 Å². The van der Waals surface area contributed by atoms with Crippen molar-refractivity contribution in [3.63, 3.8) is 0 Å². The summed E-state index contributed by atoms with van der Waals surface area (Å²) in [6, 6.07) is -1.55. The largest absolute Gasteiger partial charge is 0.394 e. The molecule has 21 heteroatoms. The number of aliphatic hydroxyl groups excluding tert-OH is 13. The summed E-state index contributed by atoms with van der Waals surface area (Å²) < 4.78 is 38.1. The highest BCUT2D eigenvalue weighted by molar-refractivity contribution is 4.98. The summed E-state index contributed by atoms with van der Waals surface area (Å²) in [6.07, 6.45) is -32.4. The molecule has 0 saturated carbocycles. The fourth-order valence-corrected chi connectivity index (χ4v) is 5.58. The van der Waals surface area contributed by atoms with Crippen molar-refractivity contribution in [1.82, 2.24) is 0 Å². The normalized spacial score (nSPS) is 52.9. The van der Waals surface area contributed by atoms with Gasteiger partial charge >= 0.3 is 0 Å². The highest BCUT2D eigenvalue weighted by atomic mass is 16.8. The molecule has 4 aliphatic heterocycles. The number of hydrogen-bond donors (Lipinski definition) is 14. The number of rotatable bonds is 10. The van der Waals surface area contributed by atoms with E-state index in [0.717, 1.165) is 0 Å². The molecule has 0 amide bonds. The van der Waals surface area contributed by atoms with Crippen LogP contribution in [0.1, 0.15) is 0 Å². The summed E-state index contributed by atoms with van der Waals surface area (Å²) in [5.41, 5.74) is 6.12. The predicted octanol–water partition coefficient (Wildman–Crippen LogP) is -9.78. The molecule has 0 radical (unpaired) electrons. The Morgan fingerprint density at radius 3 is 1.40 bits per heavy atom. The summed E-state index contributed by atoms with van der Waals surface area (Å²) in [7, 11) is 0. The lowest BCUT2D eigenvalue weighted by molar-refractivity contribution is -0.379. The number of nitrogens with two attached hydrogens (primary N) is 1. The lowest BCUT2D eigenvalue weighted by Crippen LogP contribution is -2.69. The zero-order chi connectivity index (χ0) is 33.3. The second-order valence-electron chi connectivity index (χ2n) is 11.2. The molecular weight excluding hydrogens is 622 g/mol. The molecule has 0 aliphatic carbocycles. The SMILES string of the molecule is N[C@H]1[C@H](O[C@H]2[C@@H](O)[C@@H](CO)O[C@@H](O[C@H]3[C@H](O)[C@@H](O)C(O)O[C@@H]3CO)[C@@H]2O)O[C@H](CO)[C@@H](O[C@@H]2O[C@H](CO)[C@H](O)[C@H](O)[C@H]2O)[C@@H]1O. The maximum Gasteiger partial charge on any atom is 0.187 e. The van der Waals surface area contributed by atoms with E-state index in [1.807, 2.05) is 0 Å². The lowest BCUT2D eigenvalue weighted by Gasteiger charge is -2.49. The third-order valence-corrected chi connectivity index (χ3v) is 8.28. The van der Waals surface area contributed by atoms with E-state index in [1.54, 1.807) is 0 Å². The van der Waals surface area contributed by atoms with Gasteiger partial charge in [-0.3, -0.25) is 0 Å². The van der Waals surface area contributed by atoms with Gasteiger partial charge in [0.1, 0.15) is 91.6 Å². The Balaban J connectivity index is 1.48. The molecule has 4 saturated heterocycles. The molecule has 264 valence electrons. The monoisotopic (exact) mass is 665 g/mol.